The second kappa shape index (κ2) is 4.94. The molecule has 3 nitrogen and oxygen atoms in total. The first-order valence-electron chi connectivity index (χ1n) is 6.60. The Morgan fingerprint density at radius 1 is 1.33 bits per heavy atom. The smallest absolute Gasteiger partial charge is 0.0946 e. The summed E-state index contributed by atoms with van der Waals surface area (Å²) in [5, 5.41) is 3.72. The highest BCUT2D eigenvalue weighted by Gasteiger charge is 2.21. The maximum absolute atomic E-state index is 4.07. The average molecular weight is 241 g/mol. The molecule has 1 aliphatic carbocycles. The van der Waals surface area contributed by atoms with Gasteiger partial charge in [0, 0.05) is 31.0 Å². The van der Waals surface area contributed by atoms with E-state index in [1.54, 1.807) is 0 Å². The number of aromatic nitrogens is 2. The van der Waals surface area contributed by atoms with Crippen molar-refractivity contribution in [1.82, 2.24) is 14.9 Å². The summed E-state index contributed by atoms with van der Waals surface area (Å²) in [4.78, 5) is 4.07. The van der Waals surface area contributed by atoms with E-state index >= 15 is 0 Å². The maximum Gasteiger partial charge on any atom is 0.0946 e. The zero-order valence-electron chi connectivity index (χ0n) is 10.7. The van der Waals surface area contributed by atoms with Gasteiger partial charge in [0.1, 0.15) is 0 Å². The van der Waals surface area contributed by atoms with Gasteiger partial charge in [-0.1, -0.05) is 24.3 Å². The fourth-order valence-electron chi connectivity index (χ4n) is 2.84. The zero-order valence-corrected chi connectivity index (χ0v) is 10.7. The van der Waals surface area contributed by atoms with E-state index in [0.717, 1.165) is 19.4 Å². The number of nitrogens with zero attached hydrogens (tertiary/aromatic N) is 2. The minimum absolute atomic E-state index is 0.471. The van der Waals surface area contributed by atoms with E-state index in [1.807, 2.05) is 18.7 Å². The first-order chi connectivity index (χ1) is 8.81. The van der Waals surface area contributed by atoms with Gasteiger partial charge in [0.15, 0.2) is 0 Å². The van der Waals surface area contributed by atoms with Crippen LogP contribution in [0.25, 0.3) is 0 Å². The number of imidazole rings is 1. The van der Waals surface area contributed by atoms with Crippen LogP contribution >= 0.6 is 0 Å². The summed E-state index contributed by atoms with van der Waals surface area (Å²) in [6, 6.07) is 9.82. The van der Waals surface area contributed by atoms with Crippen molar-refractivity contribution in [2.24, 2.45) is 0 Å². The number of hydrogen-bond donors (Lipinski definition) is 1. The summed E-state index contributed by atoms with van der Waals surface area (Å²) in [6.07, 6.45) is 8.04. The molecule has 0 aliphatic heterocycles. The van der Waals surface area contributed by atoms with Gasteiger partial charge in [-0.25, -0.2) is 4.98 Å². The van der Waals surface area contributed by atoms with Crippen LogP contribution in [0.1, 0.15) is 18.1 Å². The predicted octanol–water partition coefficient (Wildman–Crippen LogP) is 2.03. The van der Waals surface area contributed by atoms with Gasteiger partial charge in [-0.15, -0.1) is 0 Å². The summed E-state index contributed by atoms with van der Waals surface area (Å²) in [6.45, 7) is 3.22. The molecule has 0 amide bonds. The van der Waals surface area contributed by atoms with Crippen LogP contribution in [0, 0.1) is 0 Å². The Morgan fingerprint density at radius 3 is 2.67 bits per heavy atom. The minimum atomic E-state index is 0.471. The molecule has 1 aromatic heterocycles. The highest BCUT2D eigenvalue weighted by molar-refractivity contribution is 5.33. The molecule has 1 unspecified atom stereocenters. The fourth-order valence-corrected chi connectivity index (χ4v) is 2.84. The lowest BCUT2D eigenvalue weighted by atomic mass is 10.1. The van der Waals surface area contributed by atoms with Crippen molar-refractivity contribution in [3.05, 3.63) is 54.1 Å². The first-order valence-corrected chi connectivity index (χ1v) is 6.60. The van der Waals surface area contributed by atoms with Crippen molar-refractivity contribution in [2.45, 2.75) is 38.4 Å². The molecule has 2 aromatic rings. The average Bonchev–Trinajstić information content (AvgIpc) is 2.96. The van der Waals surface area contributed by atoms with E-state index in [1.165, 1.54) is 11.1 Å². The van der Waals surface area contributed by atoms with Gasteiger partial charge in [-0.2, -0.15) is 0 Å². The molecule has 1 heterocycles. The summed E-state index contributed by atoms with van der Waals surface area (Å²) in [7, 11) is 0. The fraction of sp³-hybridized carbons (Fsp3) is 0.400. The molecule has 18 heavy (non-hydrogen) atoms. The molecule has 3 rings (SSSR count). The van der Waals surface area contributed by atoms with Gasteiger partial charge in [-0.3, -0.25) is 0 Å². The summed E-state index contributed by atoms with van der Waals surface area (Å²) < 4.78 is 2.12. The third-order valence-electron chi connectivity index (χ3n) is 3.62. The molecule has 0 saturated carbocycles. The molecule has 0 radical (unpaired) electrons. The normalized spacial score (nSPS) is 16.7. The van der Waals surface area contributed by atoms with Crippen LogP contribution in [0.3, 0.4) is 0 Å². The van der Waals surface area contributed by atoms with E-state index < -0.39 is 0 Å². The largest absolute Gasteiger partial charge is 0.336 e. The number of fused-ring (bicyclic) bond motifs is 1. The quantitative estimate of drug-likeness (QED) is 0.887. The Kier molecular flexibility index (Phi) is 3.15. The monoisotopic (exact) mass is 241 g/mol. The second-order valence-corrected chi connectivity index (χ2v) is 5.20. The van der Waals surface area contributed by atoms with Crippen molar-refractivity contribution in [3.63, 3.8) is 0 Å². The van der Waals surface area contributed by atoms with Crippen LogP contribution < -0.4 is 5.32 Å². The van der Waals surface area contributed by atoms with Gasteiger partial charge >= 0.3 is 0 Å². The van der Waals surface area contributed by atoms with Crippen molar-refractivity contribution in [1.29, 1.82) is 0 Å². The van der Waals surface area contributed by atoms with Gasteiger partial charge in [-0.05, 0) is 30.9 Å². The number of hydrogen-bond acceptors (Lipinski definition) is 2. The second-order valence-electron chi connectivity index (χ2n) is 5.20. The van der Waals surface area contributed by atoms with Crippen molar-refractivity contribution in [2.75, 3.05) is 0 Å². The standard InChI is InChI=1S/C15H19N3/c1-12(10-18-7-6-16-11-18)17-15-8-13-4-2-3-5-14(13)9-15/h2-7,11-12,15,17H,8-10H2,1H3. The number of nitrogens with one attached hydrogen (secondary N) is 1. The van der Waals surface area contributed by atoms with E-state index in [-0.39, 0.29) is 0 Å². The molecule has 3 heteroatoms. The highest BCUT2D eigenvalue weighted by Crippen LogP contribution is 2.21. The van der Waals surface area contributed by atoms with Gasteiger partial charge in [0.05, 0.1) is 6.33 Å². The van der Waals surface area contributed by atoms with Crippen LogP contribution in [0.15, 0.2) is 43.0 Å². The van der Waals surface area contributed by atoms with E-state index in [9.17, 15) is 0 Å². The first kappa shape index (κ1) is 11.5. The lowest BCUT2D eigenvalue weighted by Crippen LogP contribution is -2.39. The molecular formula is C15H19N3. The molecule has 1 aromatic carbocycles. The molecule has 1 aliphatic rings. The Hall–Kier alpha value is -1.61. The van der Waals surface area contributed by atoms with Gasteiger partial charge < -0.3 is 9.88 Å². The molecule has 0 bridgehead atoms. The number of rotatable bonds is 4. The van der Waals surface area contributed by atoms with E-state index in [4.69, 9.17) is 0 Å². The zero-order chi connectivity index (χ0) is 12.4. The minimum Gasteiger partial charge on any atom is -0.336 e. The summed E-state index contributed by atoms with van der Waals surface area (Å²) >= 11 is 0. The van der Waals surface area contributed by atoms with Crippen LogP contribution in [-0.4, -0.2) is 21.6 Å². The van der Waals surface area contributed by atoms with Crippen LogP contribution in [0.5, 0.6) is 0 Å². The Labute approximate surface area is 108 Å². The van der Waals surface area contributed by atoms with E-state index in [2.05, 4.69) is 46.1 Å². The molecule has 0 fully saturated rings. The van der Waals surface area contributed by atoms with Crippen LogP contribution in [0.4, 0.5) is 0 Å². The SMILES string of the molecule is CC(Cn1ccnc1)NC1Cc2ccccc2C1. The molecule has 1 atom stereocenters. The molecule has 94 valence electrons. The summed E-state index contributed by atoms with van der Waals surface area (Å²) in [5.74, 6) is 0. The Balaban J connectivity index is 1.56. The lowest BCUT2D eigenvalue weighted by Gasteiger charge is -2.19. The third kappa shape index (κ3) is 2.46. The van der Waals surface area contributed by atoms with Crippen LogP contribution in [-0.2, 0) is 19.4 Å². The van der Waals surface area contributed by atoms with Gasteiger partial charge in [0.2, 0.25) is 0 Å². The summed E-state index contributed by atoms with van der Waals surface area (Å²) in [5.41, 5.74) is 3.01. The molecule has 1 N–H and O–H groups in total. The van der Waals surface area contributed by atoms with Gasteiger partial charge in [0.25, 0.3) is 0 Å². The molecular weight excluding hydrogens is 222 g/mol. The third-order valence-corrected chi connectivity index (χ3v) is 3.62. The topological polar surface area (TPSA) is 29.9 Å². The number of benzene rings is 1. The highest BCUT2D eigenvalue weighted by atomic mass is 15.1. The lowest BCUT2D eigenvalue weighted by molar-refractivity contribution is 0.414. The van der Waals surface area contributed by atoms with Crippen molar-refractivity contribution < 1.29 is 0 Å². The predicted molar refractivity (Wildman–Crippen MR) is 72.5 cm³/mol. The molecule has 0 spiro atoms. The Morgan fingerprint density at radius 2 is 2.06 bits per heavy atom. The van der Waals surface area contributed by atoms with Crippen LogP contribution in [0.2, 0.25) is 0 Å². The van der Waals surface area contributed by atoms with Crippen molar-refractivity contribution in [3.8, 4) is 0 Å². The maximum atomic E-state index is 4.07. The van der Waals surface area contributed by atoms with E-state index in [0.29, 0.717) is 12.1 Å². The molecule has 0 saturated heterocycles. The Bertz CT molecular complexity index is 479. The van der Waals surface area contributed by atoms with Crippen molar-refractivity contribution >= 4 is 0 Å².